The number of rotatable bonds is 3. The number of aliphatic hydroxyl groups is 1. The highest BCUT2D eigenvalue weighted by Crippen LogP contribution is 2.27. The molecule has 0 bridgehead atoms. The lowest BCUT2D eigenvalue weighted by atomic mass is 9.91. The Morgan fingerprint density at radius 3 is 2.64 bits per heavy atom. The van der Waals surface area contributed by atoms with Crippen LogP contribution in [-0.2, 0) is 4.79 Å². The Bertz CT molecular complexity index is 269. The van der Waals surface area contributed by atoms with E-state index in [-0.39, 0.29) is 6.42 Å². The molecular weight excluding hydrogens is 182 g/mol. The Morgan fingerprint density at radius 1 is 1.71 bits per heavy atom. The van der Waals surface area contributed by atoms with E-state index >= 15 is 0 Å². The molecule has 2 N–H and O–H groups in total. The molecular formula is C10H17NO3. The average molecular weight is 199 g/mol. The quantitative estimate of drug-likeness (QED) is 0.714. The fourth-order valence-corrected chi connectivity index (χ4v) is 1.67. The SMILES string of the molecule is CC(C)CC1=N[C@H](C(=O)O)C[C@]1(C)O. The number of carbonyl (C=O) groups is 1. The average Bonchev–Trinajstić information content (AvgIpc) is 2.26. The third-order valence-electron chi connectivity index (χ3n) is 2.41. The van der Waals surface area contributed by atoms with Gasteiger partial charge in [0.15, 0.2) is 6.04 Å². The number of carboxylic acids is 1. The lowest BCUT2D eigenvalue weighted by Crippen LogP contribution is -2.33. The molecule has 0 unspecified atom stereocenters. The van der Waals surface area contributed by atoms with Crippen LogP contribution in [0.2, 0.25) is 0 Å². The largest absolute Gasteiger partial charge is 0.480 e. The maximum Gasteiger partial charge on any atom is 0.328 e. The molecule has 0 radical (unpaired) electrons. The Kier molecular flexibility index (Phi) is 2.95. The van der Waals surface area contributed by atoms with E-state index in [0.717, 1.165) is 0 Å². The fourth-order valence-electron chi connectivity index (χ4n) is 1.67. The van der Waals surface area contributed by atoms with Crippen LogP contribution < -0.4 is 0 Å². The highest BCUT2D eigenvalue weighted by atomic mass is 16.4. The third-order valence-corrected chi connectivity index (χ3v) is 2.41. The summed E-state index contributed by atoms with van der Waals surface area (Å²) in [5.74, 6) is -0.572. The molecule has 0 aromatic rings. The van der Waals surface area contributed by atoms with Gasteiger partial charge in [-0.25, -0.2) is 4.79 Å². The molecule has 0 saturated carbocycles. The molecule has 0 spiro atoms. The van der Waals surface area contributed by atoms with Crippen molar-refractivity contribution in [3.8, 4) is 0 Å². The van der Waals surface area contributed by atoms with Crippen LogP contribution in [0.5, 0.6) is 0 Å². The molecule has 1 heterocycles. The smallest absolute Gasteiger partial charge is 0.328 e. The number of aliphatic imine (C=N–C) groups is 1. The normalized spacial score (nSPS) is 32.1. The summed E-state index contributed by atoms with van der Waals surface area (Å²) in [6, 6.07) is -0.765. The summed E-state index contributed by atoms with van der Waals surface area (Å²) in [7, 11) is 0. The second-order valence-corrected chi connectivity index (χ2v) is 4.51. The summed E-state index contributed by atoms with van der Waals surface area (Å²) in [5.41, 5.74) is -0.409. The van der Waals surface area contributed by atoms with Crippen LogP contribution in [0, 0.1) is 5.92 Å². The van der Waals surface area contributed by atoms with Gasteiger partial charge < -0.3 is 10.2 Å². The Balaban J connectivity index is 2.79. The van der Waals surface area contributed by atoms with Gasteiger partial charge in [-0.2, -0.15) is 0 Å². The standard InChI is InChI=1S/C10H17NO3/c1-6(2)4-8-10(3,14)5-7(11-8)9(12)13/h6-7,14H,4-5H2,1-3H3,(H,12,13)/t7-,10-/m0/s1. The minimum atomic E-state index is -1.03. The summed E-state index contributed by atoms with van der Waals surface area (Å²) >= 11 is 0. The lowest BCUT2D eigenvalue weighted by Gasteiger charge is -2.20. The van der Waals surface area contributed by atoms with E-state index in [4.69, 9.17) is 5.11 Å². The second kappa shape index (κ2) is 3.69. The Morgan fingerprint density at radius 2 is 2.29 bits per heavy atom. The summed E-state index contributed by atoms with van der Waals surface area (Å²) in [6.45, 7) is 5.68. The number of aliphatic carboxylic acids is 1. The third kappa shape index (κ3) is 2.32. The van der Waals surface area contributed by atoms with Gasteiger partial charge in [0, 0.05) is 12.1 Å². The van der Waals surface area contributed by atoms with E-state index in [2.05, 4.69) is 4.99 Å². The molecule has 1 aliphatic rings. The van der Waals surface area contributed by atoms with E-state index < -0.39 is 17.6 Å². The number of carboxylic acid groups (broad SMARTS) is 1. The molecule has 0 amide bonds. The van der Waals surface area contributed by atoms with Crippen molar-refractivity contribution >= 4 is 11.7 Å². The van der Waals surface area contributed by atoms with Crippen molar-refractivity contribution in [3.63, 3.8) is 0 Å². The topological polar surface area (TPSA) is 69.9 Å². The zero-order valence-corrected chi connectivity index (χ0v) is 8.82. The molecule has 80 valence electrons. The first kappa shape index (κ1) is 11.2. The monoisotopic (exact) mass is 199 g/mol. The van der Waals surface area contributed by atoms with Gasteiger partial charge in [0.05, 0.1) is 0 Å². The van der Waals surface area contributed by atoms with Crippen LogP contribution in [0.15, 0.2) is 4.99 Å². The van der Waals surface area contributed by atoms with Crippen LogP contribution in [-0.4, -0.2) is 33.5 Å². The van der Waals surface area contributed by atoms with Gasteiger partial charge in [-0.1, -0.05) is 13.8 Å². The first-order valence-electron chi connectivity index (χ1n) is 4.85. The van der Waals surface area contributed by atoms with E-state index in [9.17, 15) is 9.90 Å². The molecule has 1 aliphatic heterocycles. The van der Waals surface area contributed by atoms with Crippen molar-refractivity contribution in [1.82, 2.24) is 0 Å². The summed E-state index contributed by atoms with van der Waals surface area (Å²) < 4.78 is 0. The van der Waals surface area contributed by atoms with Gasteiger partial charge in [-0.15, -0.1) is 0 Å². The summed E-state index contributed by atoms with van der Waals surface area (Å²) in [6.07, 6.45) is 0.862. The lowest BCUT2D eigenvalue weighted by molar-refractivity contribution is -0.139. The van der Waals surface area contributed by atoms with Crippen molar-refractivity contribution in [3.05, 3.63) is 0 Å². The zero-order chi connectivity index (χ0) is 10.9. The first-order valence-corrected chi connectivity index (χ1v) is 4.85. The molecule has 4 nitrogen and oxygen atoms in total. The fraction of sp³-hybridized carbons (Fsp3) is 0.800. The highest BCUT2D eigenvalue weighted by Gasteiger charge is 2.40. The van der Waals surface area contributed by atoms with Crippen molar-refractivity contribution in [2.45, 2.75) is 45.3 Å². The van der Waals surface area contributed by atoms with Crippen LogP contribution in [0.1, 0.15) is 33.6 Å². The van der Waals surface area contributed by atoms with Gasteiger partial charge in [0.25, 0.3) is 0 Å². The van der Waals surface area contributed by atoms with Gasteiger partial charge in [0.1, 0.15) is 5.60 Å². The molecule has 0 aliphatic carbocycles. The predicted molar refractivity (Wildman–Crippen MR) is 53.6 cm³/mol. The van der Waals surface area contributed by atoms with E-state index in [1.165, 1.54) is 0 Å². The maximum absolute atomic E-state index is 10.7. The van der Waals surface area contributed by atoms with Crippen molar-refractivity contribution in [2.24, 2.45) is 10.9 Å². The highest BCUT2D eigenvalue weighted by molar-refractivity contribution is 5.97. The van der Waals surface area contributed by atoms with Crippen LogP contribution >= 0.6 is 0 Å². The van der Waals surface area contributed by atoms with Gasteiger partial charge in [-0.3, -0.25) is 4.99 Å². The molecule has 2 atom stereocenters. The zero-order valence-electron chi connectivity index (χ0n) is 8.82. The predicted octanol–water partition coefficient (Wildman–Crippen LogP) is 1.08. The molecule has 0 aromatic carbocycles. The van der Waals surface area contributed by atoms with Gasteiger partial charge >= 0.3 is 5.97 Å². The van der Waals surface area contributed by atoms with Gasteiger partial charge in [0.2, 0.25) is 0 Å². The summed E-state index contributed by atoms with van der Waals surface area (Å²) in [4.78, 5) is 14.8. The van der Waals surface area contributed by atoms with Crippen molar-refractivity contribution in [1.29, 1.82) is 0 Å². The van der Waals surface area contributed by atoms with Gasteiger partial charge in [-0.05, 0) is 19.3 Å². The first-order chi connectivity index (χ1) is 6.33. The summed E-state index contributed by atoms with van der Waals surface area (Å²) in [5, 5.41) is 18.7. The molecule has 0 aromatic heterocycles. The molecule has 4 heteroatoms. The molecule has 14 heavy (non-hydrogen) atoms. The molecule has 0 fully saturated rings. The Hall–Kier alpha value is -0.900. The van der Waals surface area contributed by atoms with Crippen LogP contribution in [0.3, 0.4) is 0 Å². The minimum Gasteiger partial charge on any atom is -0.480 e. The number of nitrogens with zero attached hydrogens (tertiary/aromatic N) is 1. The maximum atomic E-state index is 10.7. The van der Waals surface area contributed by atoms with E-state index in [1.54, 1.807) is 6.92 Å². The molecule has 0 saturated heterocycles. The number of hydrogen-bond acceptors (Lipinski definition) is 3. The Labute approximate surface area is 83.7 Å². The van der Waals surface area contributed by atoms with Crippen molar-refractivity contribution < 1.29 is 15.0 Å². The minimum absolute atomic E-state index is 0.199. The second-order valence-electron chi connectivity index (χ2n) is 4.51. The van der Waals surface area contributed by atoms with Crippen LogP contribution in [0.25, 0.3) is 0 Å². The number of hydrogen-bond donors (Lipinski definition) is 2. The van der Waals surface area contributed by atoms with Crippen molar-refractivity contribution in [2.75, 3.05) is 0 Å². The van der Waals surface area contributed by atoms with E-state index in [1.807, 2.05) is 13.8 Å². The molecule has 1 rings (SSSR count). The van der Waals surface area contributed by atoms with E-state index in [0.29, 0.717) is 18.1 Å². The van der Waals surface area contributed by atoms with Crippen LogP contribution in [0.4, 0.5) is 0 Å².